The molecule has 0 bridgehead atoms. The van der Waals surface area contributed by atoms with Crippen molar-refractivity contribution in [3.05, 3.63) is 52.3 Å². The minimum absolute atomic E-state index is 0.0591. The molecule has 0 saturated carbocycles. The molecule has 1 saturated heterocycles. The summed E-state index contributed by atoms with van der Waals surface area (Å²) in [6, 6.07) is 6.24. The van der Waals surface area contributed by atoms with Crippen LogP contribution in [0.5, 0.6) is 0 Å². The number of aromatic nitrogens is 1. The standard InChI is InChI=1S/C25H34N2O6S/c1-17(2)8-9-27-19(4)14-22(20(27)5)23(28)16-33-25(29)21-7-6-18(3)24(15-21)34(30,31)26-10-12-32-13-11-26/h6-7,14-15,17H,8-13,16H2,1-5H3. The highest BCUT2D eigenvalue weighted by atomic mass is 32.2. The number of nitrogens with zero attached hydrogens (tertiary/aromatic N) is 2. The van der Waals surface area contributed by atoms with Crippen LogP contribution in [0.3, 0.4) is 0 Å². The van der Waals surface area contributed by atoms with Gasteiger partial charge in [0.1, 0.15) is 0 Å². The molecule has 0 aliphatic carbocycles. The van der Waals surface area contributed by atoms with E-state index >= 15 is 0 Å². The van der Waals surface area contributed by atoms with Crippen molar-refractivity contribution in [2.45, 2.75) is 52.5 Å². The lowest BCUT2D eigenvalue weighted by molar-refractivity contribution is 0.0474. The summed E-state index contributed by atoms with van der Waals surface area (Å²) >= 11 is 0. The molecule has 1 aliphatic heterocycles. The molecule has 0 atom stereocenters. The quantitative estimate of drug-likeness (QED) is 0.394. The third-order valence-corrected chi connectivity index (χ3v) is 8.19. The summed E-state index contributed by atoms with van der Waals surface area (Å²) in [7, 11) is -3.77. The van der Waals surface area contributed by atoms with Crippen molar-refractivity contribution in [2.75, 3.05) is 32.9 Å². The number of aryl methyl sites for hydroxylation is 2. The molecule has 3 rings (SSSR count). The van der Waals surface area contributed by atoms with E-state index in [1.807, 2.05) is 19.9 Å². The van der Waals surface area contributed by atoms with Crippen LogP contribution in [0.2, 0.25) is 0 Å². The lowest BCUT2D eigenvalue weighted by Gasteiger charge is -2.26. The molecule has 0 N–H and O–H groups in total. The van der Waals surface area contributed by atoms with Crippen LogP contribution in [0.4, 0.5) is 0 Å². The molecule has 1 fully saturated rings. The van der Waals surface area contributed by atoms with E-state index in [1.165, 1.54) is 16.4 Å². The van der Waals surface area contributed by atoms with Gasteiger partial charge in [-0.2, -0.15) is 4.31 Å². The Labute approximate surface area is 201 Å². The Balaban J connectivity index is 1.71. The average Bonchev–Trinajstić information content (AvgIpc) is 3.09. The first-order valence-corrected chi connectivity index (χ1v) is 13.0. The van der Waals surface area contributed by atoms with E-state index in [0.29, 0.717) is 30.3 Å². The van der Waals surface area contributed by atoms with E-state index < -0.39 is 22.6 Å². The summed E-state index contributed by atoms with van der Waals surface area (Å²) in [5, 5.41) is 0. The lowest BCUT2D eigenvalue weighted by atomic mass is 10.1. The Bertz CT molecular complexity index is 1160. The van der Waals surface area contributed by atoms with Crippen LogP contribution in [0, 0.1) is 26.7 Å². The first-order chi connectivity index (χ1) is 16.0. The van der Waals surface area contributed by atoms with Crippen molar-refractivity contribution in [2.24, 2.45) is 5.92 Å². The maximum absolute atomic E-state index is 13.1. The molecule has 1 aromatic carbocycles. The first-order valence-electron chi connectivity index (χ1n) is 11.6. The fraction of sp³-hybridized carbons (Fsp3) is 0.520. The Morgan fingerprint density at radius 2 is 1.76 bits per heavy atom. The molecule has 0 radical (unpaired) electrons. The van der Waals surface area contributed by atoms with Crippen LogP contribution in [-0.2, 0) is 26.0 Å². The van der Waals surface area contributed by atoms with Gasteiger partial charge in [-0.05, 0) is 56.9 Å². The molecule has 2 heterocycles. The second-order valence-electron chi connectivity index (χ2n) is 9.12. The molecule has 9 heteroatoms. The molecule has 34 heavy (non-hydrogen) atoms. The van der Waals surface area contributed by atoms with Gasteiger partial charge in [0.25, 0.3) is 0 Å². The average molecular weight is 491 g/mol. The Hall–Kier alpha value is -2.49. The molecular weight excluding hydrogens is 456 g/mol. The van der Waals surface area contributed by atoms with Crippen molar-refractivity contribution in [3.8, 4) is 0 Å². The molecule has 8 nitrogen and oxygen atoms in total. The van der Waals surface area contributed by atoms with Gasteiger partial charge in [0, 0.05) is 36.6 Å². The molecule has 2 aromatic rings. The number of hydrogen-bond donors (Lipinski definition) is 0. The Morgan fingerprint density at radius 1 is 1.09 bits per heavy atom. The number of hydrogen-bond acceptors (Lipinski definition) is 6. The number of benzene rings is 1. The van der Waals surface area contributed by atoms with Gasteiger partial charge < -0.3 is 14.0 Å². The van der Waals surface area contributed by atoms with E-state index in [9.17, 15) is 18.0 Å². The van der Waals surface area contributed by atoms with Crippen molar-refractivity contribution in [3.63, 3.8) is 0 Å². The van der Waals surface area contributed by atoms with Gasteiger partial charge in [-0.25, -0.2) is 13.2 Å². The number of ketones is 1. The Kier molecular flexibility index (Phi) is 8.33. The highest BCUT2D eigenvalue weighted by molar-refractivity contribution is 7.89. The van der Waals surface area contributed by atoms with Crippen LogP contribution in [0.1, 0.15) is 57.9 Å². The van der Waals surface area contributed by atoms with Gasteiger partial charge in [0.2, 0.25) is 15.8 Å². The van der Waals surface area contributed by atoms with Gasteiger partial charge in [-0.1, -0.05) is 19.9 Å². The number of esters is 1. The third-order valence-electron chi connectivity index (χ3n) is 6.15. The third kappa shape index (κ3) is 5.76. The van der Waals surface area contributed by atoms with Gasteiger partial charge in [-0.15, -0.1) is 0 Å². The zero-order valence-corrected chi connectivity index (χ0v) is 21.4. The molecule has 0 amide bonds. The van der Waals surface area contributed by atoms with Gasteiger partial charge in [0.15, 0.2) is 6.61 Å². The molecule has 1 aromatic heterocycles. The highest BCUT2D eigenvalue weighted by Crippen LogP contribution is 2.23. The van der Waals surface area contributed by atoms with Crippen LogP contribution in [0.25, 0.3) is 0 Å². The Morgan fingerprint density at radius 3 is 2.41 bits per heavy atom. The number of ether oxygens (including phenoxy) is 2. The molecule has 1 aliphatic rings. The summed E-state index contributed by atoms with van der Waals surface area (Å²) in [4.78, 5) is 25.5. The molecule has 186 valence electrons. The second kappa shape index (κ2) is 10.8. The number of morpholine rings is 1. The van der Waals surface area contributed by atoms with E-state index in [-0.39, 0.29) is 29.3 Å². The minimum Gasteiger partial charge on any atom is -0.454 e. The maximum atomic E-state index is 13.1. The van der Waals surface area contributed by atoms with Crippen LogP contribution in [0.15, 0.2) is 29.2 Å². The van der Waals surface area contributed by atoms with Gasteiger partial charge >= 0.3 is 5.97 Å². The fourth-order valence-corrected chi connectivity index (χ4v) is 5.70. The van der Waals surface area contributed by atoms with Crippen LogP contribution >= 0.6 is 0 Å². The summed E-state index contributed by atoms with van der Waals surface area (Å²) in [5.74, 6) is -0.473. The SMILES string of the molecule is Cc1ccc(C(=O)OCC(=O)c2cc(C)n(CCC(C)C)c2C)cc1S(=O)(=O)N1CCOCC1. The smallest absolute Gasteiger partial charge is 0.338 e. The fourth-order valence-electron chi connectivity index (χ4n) is 4.04. The topological polar surface area (TPSA) is 94.9 Å². The summed E-state index contributed by atoms with van der Waals surface area (Å²) in [6.07, 6.45) is 1.00. The number of rotatable bonds is 9. The highest BCUT2D eigenvalue weighted by Gasteiger charge is 2.29. The normalized spacial score (nSPS) is 15.0. The summed E-state index contributed by atoms with van der Waals surface area (Å²) in [5.41, 5.74) is 3.01. The van der Waals surface area contributed by atoms with Crippen LogP contribution < -0.4 is 0 Å². The number of sulfonamides is 1. The van der Waals surface area contributed by atoms with E-state index in [4.69, 9.17) is 9.47 Å². The summed E-state index contributed by atoms with van der Waals surface area (Å²) < 4.78 is 40.1. The summed E-state index contributed by atoms with van der Waals surface area (Å²) in [6.45, 7) is 11.5. The molecular formula is C25H34N2O6S. The zero-order chi connectivity index (χ0) is 25.0. The van der Waals surface area contributed by atoms with Gasteiger partial charge in [0.05, 0.1) is 23.7 Å². The predicted octanol–water partition coefficient (Wildman–Crippen LogP) is 3.52. The predicted molar refractivity (Wildman–Crippen MR) is 129 cm³/mol. The van der Waals surface area contributed by atoms with E-state index in [0.717, 1.165) is 24.4 Å². The maximum Gasteiger partial charge on any atom is 0.338 e. The monoisotopic (exact) mass is 490 g/mol. The second-order valence-corrected chi connectivity index (χ2v) is 11.0. The lowest BCUT2D eigenvalue weighted by Crippen LogP contribution is -2.40. The van der Waals surface area contributed by atoms with E-state index in [2.05, 4.69) is 18.4 Å². The zero-order valence-electron chi connectivity index (χ0n) is 20.6. The van der Waals surface area contributed by atoms with Crippen molar-refractivity contribution in [1.82, 2.24) is 8.87 Å². The first kappa shape index (κ1) is 26.1. The van der Waals surface area contributed by atoms with Crippen molar-refractivity contribution >= 4 is 21.8 Å². The number of Topliss-reactive ketones (excluding diaryl/α,β-unsaturated/α-hetero) is 1. The van der Waals surface area contributed by atoms with Gasteiger partial charge in [-0.3, -0.25) is 4.79 Å². The van der Waals surface area contributed by atoms with E-state index in [1.54, 1.807) is 13.0 Å². The molecule has 0 unspecified atom stereocenters. The number of carbonyl (C=O) groups is 2. The largest absolute Gasteiger partial charge is 0.454 e. The van der Waals surface area contributed by atoms with Crippen molar-refractivity contribution in [1.29, 1.82) is 0 Å². The molecule has 0 spiro atoms. The number of carbonyl (C=O) groups excluding carboxylic acids is 2. The minimum atomic E-state index is -3.77. The van der Waals surface area contributed by atoms with Crippen LogP contribution in [-0.4, -0.2) is 62.0 Å². The van der Waals surface area contributed by atoms with Crippen molar-refractivity contribution < 1.29 is 27.5 Å².